The second-order valence-electron chi connectivity index (χ2n) is 2.65. The fraction of sp³-hybridized carbons (Fsp3) is 0.100. The Morgan fingerprint density at radius 2 is 2.27 bits per heavy atom. The molecule has 0 bridgehead atoms. The molecule has 4 nitrogen and oxygen atoms in total. The first-order valence-corrected chi connectivity index (χ1v) is 4.29. The van der Waals surface area contributed by atoms with Gasteiger partial charge in [-0.3, -0.25) is 9.59 Å². The Balaban J connectivity index is 3.54. The Morgan fingerprint density at radius 1 is 1.60 bits per heavy atom. The van der Waals surface area contributed by atoms with Gasteiger partial charge in [-0.05, 0) is 23.7 Å². The molecule has 0 amide bonds. The van der Waals surface area contributed by atoms with Crippen molar-refractivity contribution in [2.24, 2.45) is 0 Å². The Hall–Kier alpha value is -1.86. The fourth-order valence-corrected chi connectivity index (χ4v) is 1.29. The molecule has 0 spiro atoms. The van der Waals surface area contributed by atoms with Crippen LogP contribution in [0.4, 0.5) is 0 Å². The van der Waals surface area contributed by atoms with E-state index < -0.39 is 5.24 Å². The normalized spacial score (nSPS) is 9.13. The number of carbonyl (C=O) groups is 2. The number of nitrogens with zero attached hydrogens (tertiary/aromatic N) is 1. The van der Waals surface area contributed by atoms with Crippen LogP contribution in [-0.2, 0) is 0 Å². The standard InChI is InChI=1S/C10H6ClNO3/c1-15-9-3-6(5-13)2-7(10(11)14)8(9)4-12/h2-3,5H,1H3. The zero-order valence-corrected chi connectivity index (χ0v) is 8.54. The minimum absolute atomic E-state index is 0.0272. The highest BCUT2D eigenvalue weighted by Crippen LogP contribution is 2.24. The van der Waals surface area contributed by atoms with Crippen LogP contribution >= 0.6 is 11.6 Å². The first-order valence-electron chi connectivity index (χ1n) is 3.91. The molecular formula is C10H6ClNO3. The van der Waals surface area contributed by atoms with E-state index in [4.69, 9.17) is 21.6 Å². The van der Waals surface area contributed by atoms with Crippen molar-refractivity contribution in [3.63, 3.8) is 0 Å². The van der Waals surface area contributed by atoms with Crippen molar-refractivity contribution in [2.45, 2.75) is 0 Å². The van der Waals surface area contributed by atoms with Gasteiger partial charge in [0.05, 0.1) is 12.7 Å². The summed E-state index contributed by atoms with van der Waals surface area (Å²) in [5.74, 6) is 0.158. The summed E-state index contributed by atoms with van der Waals surface area (Å²) in [6.07, 6.45) is 0.549. The molecule has 0 saturated heterocycles. The largest absolute Gasteiger partial charge is 0.495 e. The summed E-state index contributed by atoms with van der Waals surface area (Å²) in [6.45, 7) is 0. The topological polar surface area (TPSA) is 67.2 Å². The van der Waals surface area contributed by atoms with Crippen LogP contribution < -0.4 is 4.74 Å². The van der Waals surface area contributed by atoms with Crippen LogP contribution in [-0.4, -0.2) is 18.6 Å². The molecule has 5 heteroatoms. The molecule has 1 aromatic carbocycles. The van der Waals surface area contributed by atoms with E-state index in [1.165, 1.54) is 19.2 Å². The van der Waals surface area contributed by atoms with Gasteiger partial charge in [-0.1, -0.05) is 0 Å². The average molecular weight is 224 g/mol. The molecule has 0 radical (unpaired) electrons. The number of nitriles is 1. The molecule has 76 valence electrons. The minimum Gasteiger partial charge on any atom is -0.495 e. The van der Waals surface area contributed by atoms with Crippen LogP contribution in [0.15, 0.2) is 12.1 Å². The van der Waals surface area contributed by atoms with E-state index in [1.807, 2.05) is 0 Å². The lowest BCUT2D eigenvalue weighted by Gasteiger charge is -2.06. The first-order chi connectivity index (χ1) is 7.13. The van der Waals surface area contributed by atoms with E-state index in [9.17, 15) is 9.59 Å². The summed E-state index contributed by atoms with van der Waals surface area (Å²) in [6, 6.07) is 4.42. The molecule has 0 aliphatic rings. The molecule has 0 aliphatic heterocycles. The second kappa shape index (κ2) is 4.58. The van der Waals surface area contributed by atoms with Gasteiger partial charge in [-0.2, -0.15) is 5.26 Å². The summed E-state index contributed by atoms with van der Waals surface area (Å²) < 4.78 is 4.88. The second-order valence-corrected chi connectivity index (χ2v) is 2.99. The van der Waals surface area contributed by atoms with Crippen LogP contribution in [0.5, 0.6) is 5.75 Å². The molecule has 0 fully saturated rings. The quantitative estimate of drug-likeness (QED) is 0.578. The number of hydrogen-bond donors (Lipinski definition) is 0. The third kappa shape index (κ3) is 2.14. The third-order valence-corrected chi connectivity index (χ3v) is 2.01. The lowest BCUT2D eigenvalue weighted by atomic mass is 10.0. The molecule has 0 N–H and O–H groups in total. The third-order valence-electron chi connectivity index (χ3n) is 1.80. The molecule has 0 atom stereocenters. The van der Waals surface area contributed by atoms with Gasteiger partial charge in [0.2, 0.25) is 0 Å². The molecule has 0 aromatic heterocycles. The highest BCUT2D eigenvalue weighted by Gasteiger charge is 2.15. The molecule has 0 saturated carbocycles. The number of aldehydes is 1. The van der Waals surface area contributed by atoms with Crippen molar-refractivity contribution in [1.29, 1.82) is 5.26 Å². The van der Waals surface area contributed by atoms with Crippen molar-refractivity contribution >= 4 is 23.1 Å². The van der Waals surface area contributed by atoms with Gasteiger partial charge in [-0.15, -0.1) is 0 Å². The number of carbonyl (C=O) groups excluding carboxylic acids is 2. The summed E-state index contributed by atoms with van der Waals surface area (Å²) >= 11 is 5.28. The Morgan fingerprint density at radius 3 is 2.67 bits per heavy atom. The number of benzene rings is 1. The van der Waals surface area contributed by atoms with Gasteiger partial charge >= 0.3 is 0 Å². The summed E-state index contributed by atoms with van der Waals surface area (Å²) in [5, 5.41) is 8.02. The van der Waals surface area contributed by atoms with Crippen LogP contribution in [0.1, 0.15) is 26.3 Å². The zero-order chi connectivity index (χ0) is 11.4. The highest BCUT2D eigenvalue weighted by molar-refractivity contribution is 6.68. The number of methoxy groups -OCH3 is 1. The first kappa shape index (κ1) is 11.2. The van der Waals surface area contributed by atoms with Gasteiger partial charge in [0.15, 0.2) is 0 Å². The van der Waals surface area contributed by atoms with Crippen molar-refractivity contribution in [1.82, 2.24) is 0 Å². The molecule has 0 unspecified atom stereocenters. The average Bonchev–Trinajstić information content (AvgIpc) is 2.26. The highest BCUT2D eigenvalue weighted by atomic mass is 35.5. The van der Waals surface area contributed by atoms with E-state index in [2.05, 4.69) is 0 Å². The van der Waals surface area contributed by atoms with E-state index in [1.54, 1.807) is 6.07 Å². The van der Waals surface area contributed by atoms with E-state index >= 15 is 0 Å². The molecule has 1 rings (SSSR count). The van der Waals surface area contributed by atoms with Crippen molar-refractivity contribution in [3.05, 3.63) is 28.8 Å². The Kier molecular flexibility index (Phi) is 3.42. The van der Waals surface area contributed by atoms with E-state index in [0.29, 0.717) is 6.29 Å². The predicted octanol–water partition coefficient (Wildman–Crippen LogP) is 1.76. The van der Waals surface area contributed by atoms with Crippen molar-refractivity contribution in [3.8, 4) is 11.8 Å². The van der Waals surface area contributed by atoms with Gasteiger partial charge < -0.3 is 4.74 Å². The van der Waals surface area contributed by atoms with Crippen LogP contribution in [0.3, 0.4) is 0 Å². The Bertz CT molecular complexity index is 462. The predicted molar refractivity (Wildman–Crippen MR) is 53.3 cm³/mol. The minimum atomic E-state index is -0.798. The summed E-state index contributed by atoms with van der Waals surface area (Å²) in [5.41, 5.74) is 0.235. The van der Waals surface area contributed by atoms with E-state index in [-0.39, 0.29) is 22.4 Å². The number of hydrogen-bond acceptors (Lipinski definition) is 4. The molecule has 1 aromatic rings. The maximum Gasteiger partial charge on any atom is 0.253 e. The number of rotatable bonds is 3. The molecule has 15 heavy (non-hydrogen) atoms. The Labute approximate surface area is 91.0 Å². The summed E-state index contributed by atoms with van der Waals surface area (Å²) in [4.78, 5) is 21.6. The van der Waals surface area contributed by atoms with Crippen LogP contribution in [0.2, 0.25) is 0 Å². The van der Waals surface area contributed by atoms with Crippen molar-refractivity contribution in [2.75, 3.05) is 7.11 Å². The van der Waals surface area contributed by atoms with Gasteiger partial charge in [0.1, 0.15) is 23.7 Å². The van der Waals surface area contributed by atoms with E-state index in [0.717, 1.165) is 0 Å². The maximum atomic E-state index is 11.0. The smallest absolute Gasteiger partial charge is 0.253 e. The van der Waals surface area contributed by atoms with Gasteiger partial charge in [0.25, 0.3) is 5.24 Å². The van der Waals surface area contributed by atoms with Crippen LogP contribution in [0, 0.1) is 11.3 Å². The van der Waals surface area contributed by atoms with Crippen molar-refractivity contribution < 1.29 is 14.3 Å². The fourth-order valence-electron chi connectivity index (χ4n) is 1.14. The zero-order valence-electron chi connectivity index (χ0n) is 7.78. The molecular weight excluding hydrogens is 218 g/mol. The maximum absolute atomic E-state index is 11.0. The molecule has 0 heterocycles. The molecule has 0 aliphatic carbocycles. The number of ether oxygens (including phenoxy) is 1. The van der Waals surface area contributed by atoms with Crippen LogP contribution in [0.25, 0.3) is 0 Å². The lowest BCUT2D eigenvalue weighted by Crippen LogP contribution is -2.00. The number of halogens is 1. The van der Waals surface area contributed by atoms with Gasteiger partial charge in [0, 0.05) is 5.56 Å². The lowest BCUT2D eigenvalue weighted by molar-refractivity contribution is 0.108. The summed E-state index contributed by atoms with van der Waals surface area (Å²) in [7, 11) is 1.34. The van der Waals surface area contributed by atoms with Gasteiger partial charge in [-0.25, -0.2) is 0 Å². The monoisotopic (exact) mass is 223 g/mol. The SMILES string of the molecule is COc1cc(C=O)cc(C(=O)Cl)c1C#N.